The molecule has 154 valence electrons. The molecule has 9 nitrogen and oxygen atoms in total. The maximum absolute atomic E-state index is 11.9. The minimum Gasteiger partial charge on any atom is -0.328 e. The van der Waals surface area contributed by atoms with Gasteiger partial charge in [0.15, 0.2) is 5.66 Å². The van der Waals surface area contributed by atoms with Gasteiger partial charge >= 0.3 is 0 Å². The lowest BCUT2D eigenvalue weighted by Gasteiger charge is -2.29. The van der Waals surface area contributed by atoms with Gasteiger partial charge in [-0.25, -0.2) is 0 Å². The molecule has 0 radical (unpaired) electrons. The van der Waals surface area contributed by atoms with Gasteiger partial charge in [0.05, 0.1) is 10.1 Å². The monoisotopic (exact) mass is 456 g/mol. The lowest BCUT2D eigenvalue weighted by molar-refractivity contribution is -0.120. The predicted octanol–water partition coefficient (Wildman–Crippen LogP) is 1.98. The van der Waals surface area contributed by atoms with Crippen LogP contribution in [0.15, 0.2) is 62.9 Å². The van der Waals surface area contributed by atoms with Crippen LogP contribution >= 0.6 is 12.2 Å². The summed E-state index contributed by atoms with van der Waals surface area (Å²) < 4.78 is 65.7. The first kappa shape index (κ1) is 22.8. The van der Waals surface area contributed by atoms with Gasteiger partial charge in [0.2, 0.25) is 5.91 Å². The van der Waals surface area contributed by atoms with Crippen LogP contribution in [0.25, 0.3) is 6.08 Å². The van der Waals surface area contributed by atoms with Crippen molar-refractivity contribution in [1.82, 2.24) is 5.32 Å². The van der Waals surface area contributed by atoms with Crippen molar-refractivity contribution in [1.29, 1.82) is 0 Å². The molecule has 1 aromatic rings. The molecule has 1 unspecified atom stereocenters. The Morgan fingerprint density at radius 3 is 2.41 bits per heavy atom. The molecule has 0 spiro atoms. The van der Waals surface area contributed by atoms with Crippen LogP contribution in [0.4, 0.5) is 0 Å². The van der Waals surface area contributed by atoms with E-state index in [9.17, 15) is 30.7 Å². The van der Waals surface area contributed by atoms with Crippen molar-refractivity contribution in [3.05, 3.63) is 58.5 Å². The molecule has 2 rings (SSSR count). The van der Waals surface area contributed by atoms with Crippen molar-refractivity contribution < 1.29 is 30.7 Å². The van der Waals surface area contributed by atoms with Crippen molar-refractivity contribution in [2.75, 3.05) is 0 Å². The third-order valence-corrected chi connectivity index (χ3v) is 5.90. The molecule has 0 saturated carbocycles. The van der Waals surface area contributed by atoms with Crippen LogP contribution in [0.2, 0.25) is 0 Å². The van der Waals surface area contributed by atoms with Gasteiger partial charge in [-0.05, 0) is 35.5 Å². The number of thiocarbonyl (C=S) groups is 1. The maximum atomic E-state index is 11.9. The number of benzene rings is 1. The van der Waals surface area contributed by atoms with Gasteiger partial charge in [0.25, 0.3) is 20.2 Å². The summed E-state index contributed by atoms with van der Waals surface area (Å²) in [5, 5.41) is 4.54. The maximum Gasteiger partial charge on any atom is 0.295 e. The highest BCUT2D eigenvalue weighted by molar-refractivity contribution is 7.89. The van der Waals surface area contributed by atoms with Gasteiger partial charge < -0.3 is 5.32 Å². The zero-order valence-corrected chi connectivity index (χ0v) is 17.4. The Morgan fingerprint density at radius 2 is 1.86 bits per heavy atom. The zero-order chi connectivity index (χ0) is 21.9. The molecule has 1 aromatic carbocycles. The lowest BCUT2D eigenvalue weighted by Crippen LogP contribution is -2.46. The van der Waals surface area contributed by atoms with Crippen LogP contribution in [-0.2, 0) is 25.0 Å². The molecule has 0 bridgehead atoms. The summed E-state index contributed by atoms with van der Waals surface area (Å²) in [6.45, 7) is 1.20. The van der Waals surface area contributed by atoms with Crippen molar-refractivity contribution >= 4 is 49.6 Å². The molecule has 0 fully saturated rings. The molecule has 12 heteroatoms. The highest BCUT2D eigenvalue weighted by Gasteiger charge is 2.36. The van der Waals surface area contributed by atoms with E-state index in [1.807, 2.05) is 0 Å². The van der Waals surface area contributed by atoms with Crippen LogP contribution in [0, 0.1) is 0 Å². The Morgan fingerprint density at radius 1 is 1.21 bits per heavy atom. The largest absolute Gasteiger partial charge is 0.328 e. The fourth-order valence-corrected chi connectivity index (χ4v) is 4.41. The van der Waals surface area contributed by atoms with Gasteiger partial charge in [-0.3, -0.25) is 13.9 Å². The topological polar surface area (TPSA) is 150 Å². The molecule has 0 aliphatic heterocycles. The Labute approximate surface area is 173 Å². The van der Waals surface area contributed by atoms with E-state index >= 15 is 0 Å². The van der Waals surface area contributed by atoms with Crippen molar-refractivity contribution in [2.45, 2.75) is 23.9 Å². The first-order chi connectivity index (χ1) is 13.4. The van der Waals surface area contributed by atoms with Crippen molar-refractivity contribution in [2.24, 2.45) is 4.99 Å². The number of aliphatic imine (C=N–C) groups is 1. The van der Waals surface area contributed by atoms with Gasteiger partial charge in [-0.15, -0.1) is 0 Å². The molecule has 29 heavy (non-hydrogen) atoms. The number of hydrogen-bond donors (Lipinski definition) is 3. The number of allylic oxidation sites excluding steroid dienone is 3. The number of rotatable bonds is 6. The molecule has 1 amide bonds. The smallest absolute Gasteiger partial charge is 0.295 e. The molecule has 0 saturated heterocycles. The number of amides is 1. The summed E-state index contributed by atoms with van der Waals surface area (Å²) in [6.07, 6.45) is 4.73. The summed E-state index contributed by atoms with van der Waals surface area (Å²) >= 11 is 4.56. The Bertz CT molecular complexity index is 1190. The summed E-state index contributed by atoms with van der Waals surface area (Å²) in [7, 11) is -9.21. The number of isothiocyanates is 1. The molecule has 1 atom stereocenters. The normalized spacial score (nSPS) is 19.8. The van der Waals surface area contributed by atoms with E-state index in [0.29, 0.717) is 0 Å². The van der Waals surface area contributed by atoms with Crippen molar-refractivity contribution in [3.63, 3.8) is 0 Å². The molecule has 3 N–H and O–H groups in total. The first-order valence-electron chi connectivity index (χ1n) is 7.90. The standard InChI is InChI=1S/C17H16N2O7S3/c1-12(20)19-17(18-11-27)9-8-14(16(10-17)29(24,25)26)7-6-13-4-2-3-5-15(13)28(21,22)23/h2-9H,10H2,1H3,(H,19,20)(H,21,22,23)(H,24,25,26). The van der Waals surface area contributed by atoms with E-state index in [2.05, 4.69) is 27.7 Å². The summed E-state index contributed by atoms with van der Waals surface area (Å²) in [5.41, 5.74) is -1.41. The quantitative estimate of drug-likeness (QED) is 0.334. The average molecular weight is 457 g/mol. The van der Waals surface area contributed by atoms with E-state index in [1.54, 1.807) is 0 Å². The number of hydrogen-bond acceptors (Lipinski definition) is 7. The molecular weight excluding hydrogens is 440 g/mol. The minimum absolute atomic E-state index is 0.0261. The highest BCUT2D eigenvalue weighted by atomic mass is 32.2. The molecule has 0 heterocycles. The van der Waals surface area contributed by atoms with E-state index in [1.165, 1.54) is 55.5 Å². The molecule has 1 aliphatic rings. The second kappa shape index (κ2) is 8.49. The van der Waals surface area contributed by atoms with Crippen LogP contribution in [0.1, 0.15) is 18.9 Å². The number of carbonyl (C=O) groups excluding carboxylic acids is 1. The average Bonchev–Trinajstić information content (AvgIpc) is 2.59. The van der Waals surface area contributed by atoms with E-state index in [0.717, 1.165) is 0 Å². The third-order valence-electron chi connectivity index (χ3n) is 3.88. The number of carbonyl (C=O) groups is 1. The van der Waals surface area contributed by atoms with Crippen LogP contribution in [-0.4, -0.2) is 42.7 Å². The van der Waals surface area contributed by atoms with Crippen molar-refractivity contribution in [3.8, 4) is 0 Å². The first-order valence-corrected chi connectivity index (χ1v) is 11.2. The Hall–Kier alpha value is -2.47. The summed E-state index contributed by atoms with van der Waals surface area (Å²) in [5.74, 6) is -0.514. The van der Waals surface area contributed by atoms with Gasteiger partial charge in [-0.2, -0.15) is 21.8 Å². The van der Waals surface area contributed by atoms with Crippen LogP contribution in [0.3, 0.4) is 0 Å². The second-order valence-corrected chi connectivity index (χ2v) is 9.03. The third kappa shape index (κ3) is 5.76. The predicted molar refractivity (Wildman–Crippen MR) is 109 cm³/mol. The molecular formula is C17H16N2O7S3. The van der Waals surface area contributed by atoms with E-state index < -0.39 is 43.1 Å². The van der Waals surface area contributed by atoms with Crippen LogP contribution in [0.5, 0.6) is 0 Å². The number of nitrogens with one attached hydrogen (secondary N) is 1. The SMILES string of the molecule is CC(=O)NC1(N=C=S)C=CC(C=Cc2ccccc2S(=O)(=O)O)=C(S(=O)(=O)O)C1. The van der Waals surface area contributed by atoms with E-state index in [4.69, 9.17) is 0 Å². The lowest BCUT2D eigenvalue weighted by atomic mass is 9.96. The fourth-order valence-electron chi connectivity index (χ4n) is 2.72. The highest BCUT2D eigenvalue weighted by Crippen LogP contribution is 2.32. The summed E-state index contributed by atoms with van der Waals surface area (Å²) in [6, 6.07) is 5.52. The minimum atomic E-state index is -4.71. The fraction of sp³-hybridized carbons (Fsp3) is 0.176. The Kier molecular flexibility index (Phi) is 6.68. The second-order valence-electron chi connectivity index (χ2n) is 6.02. The van der Waals surface area contributed by atoms with E-state index in [-0.39, 0.29) is 16.0 Å². The molecule has 1 aliphatic carbocycles. The zero-order valence-electron chi connectivity index (χ0n) is 14.9. The number of nitrogens with zero attached hydrogens (tertiary/aromatic N) is 1. The van der Waals surface area contributed by atoms with Gasteiger partial charge in [-0.1, -0.05) is 36.4 Å². The Balaban J connectivity index is 2.57. The molecule has 0 aromatic heterocycles. The summed E-state index contributed by atoms with van der Waals surface area (Å²) in [4.78, 5) is 14.5. The van der Waals surface area contributed by atoms with Crippen LogP contribution < -0.4 is 5.32 Å². The van der Waals surface area contributed by atoms with Gasteiger partial charge in [0.1, 0.15) is 4.90 Å². The van der Waals surface area contributed by atoms with Gasteiger partial charge in [0, 0.05) is 13.3 Å².